The second-order valence-electron chi connectivity index (χ2n) is 3.28. The summed E-state index contributed by atoms with van der Waals surface area (Å²) < 4.78 is 15.8. The average Bonchev–Trinajstić information content (AvgIpc) is 2.31. The van der Waals surface area contributed by atoms with E-state index in [1.54, 1.807) is 28.4 Å². The number of carbonyl (C=O) groups is 1. The maximum absolute atomic E-state index is 11.1. The number of rotatable bonds is 9. The lowest BCUT2D eigenvalue weighted by atomic mass is 10.4. The minimum absolute atomic E-state index is 0.0120. The second kappa shape index (κ2) is 8.65. The number of amides is 1. The second-order valence-corrected chi connectivity index (χ2v) is 6.37. The summed E-state index contributed by atoms with van der Waals surface area (Å²) in [4.78, 5) is 11.1. The summed E-state index contributed by atoms with van der Waals surface area (Å²) in [5.41, 5.74) is 0. The van der Waals surface area contributed by atoms with Crippen molar-refractivity contribution in [3.63, 3.8) is 0 Å². The molecule has 0 aliphatic carbocycles. The van der Waals surface area contributed by atoms with Crippen molar-refractivity contribution in [1.29, 1.82) is 0 Å². The van der Waals surface area contributed by atoms with E-state index >= 15 is 0 Å². The molecule has 16 heavy (non-hydrogen) atoms. The fourth-order valence-corrected chi connectivity index (χ4v) is 3.03. The Labute approximate surface area is 98.0 Å². The summed E-state index contributed by atoms with van der Waals surface area (Å²) in [6, 6.07) is 0.691. The summed E-state index contributed by atoms with van der Waals surface area (Å²) in [5.74, 6) is -0.0120. The van der Waals surface area contributed by atoms with Gasteiger partial charge in [-0.05, 0) is 13.5 Å². The van der Waals surface area contributed by atoms with Gasteiger partial charge in [-0.15, -0.1) is 0 Å². The van der Waals surface area contributed by atoms with Crippen LogP contribution in [0, 0.1) is 0 Å². The predicted molar refractivity (Wildman–Crippen MR) is 63.1 cm³/mol. The fraction of sp³-hybridized carbons (Fsp3) is 0.889. The van der Waals surface area contributed by atoms with E-state index in [9.17, 15) is 4.79 Å². The van der Waals surface area contributed by atoms with E-state index in [0.29, 0.717) is 19.1 Å². The van der Waals surface area contributed by atoms with E-state index < -0.39 is 8.80 Å². The van der Waals surface area contributed by atoms with E-state index in [1.807, 2.05) is 0 Å². The summed E-state index contributed by atoms with van der Waals surface area (Å²) in [7, 11) is 4.01. The van der Waals surface area contributed by atoms with Crippen LogP contribution in [-0.4, -0.2) is 56.2 Å². The minimum Gasteiger partial charge on any atom is -0.377 e. The van der Waals surface area contributed by atoms with Crippen LogP contribution in [0.3, 0.4) is 0 Å². The molecule has 0 saturated carbocycles. The predicted octanol–water partition coefficient (Wildman–Crippen LogP) is -0.410. The highest BCUT2D eigenvalue weighted by Gasteiger charge is 2.36. The molecule has 0 unspecified atom stereocenters. The van der Waals surface area contributed by atoms with Crippen molar-refractivity contribution in [2.75, 3.05) is 41.5 Å². The Morgan fingerprint density at radius 2 is 1.75 bits per heavy atom. The molecule has 0 aromatic heterocycles. The van der Waals surface area contributed by atoms with Crippen molar-refractivity contribution in [3.8, 4) is 0 Å². The highest BCUT2D eigenvalue weighted by molar-refractivity contribution is 6.60. The van der Waals surface area contributed by atoms with Crippen LogP contribution >= 0.6 is 0 Å². The Morgan fingerprint density at radius 3 is 2.19 bits per heavy atom. The third-order valence-corrected chi connectivity index (χ3v) is 5.08. The largest absolute Gasteiger partial charge is 0.500 e. The van der Waals surface area contributed by atoms with Crippen molar-refractivity contribution in [2.45, 2.75) is 12.5 Å². The standard InChI is InChI=1S/C9H22N2O4Si/c1-10-8-9(12)11-6-5-7-16(13-2,14-3)15-4/h10H,5-8H2,1-4H3,(H,11,12). The van der Waals surface area contributed by atoms with Gasteiger partial charge in [-0.25, -0.2) is 0 Å². The van der Waals surface area contributed by atoms with Crippen LogP contribution in [0.25, 0.3) is 0 Å². The van der Waals surface area contributed by atoms with E-state index in [4.69, 9.17) is 13.3 Å². The van der Waals surface area contributed by atoms with Gasteiger partial charge in [0, 0.05) is 33.9 Å². The summed E-state index contributed by atoms with van der Waals surface area (Å²) >= 11 is 0. The molecule has 0 saturated heterocycles. The van der Waals surface area contributed by atoms with Gasteiger partial charge in [0.05, 0.1) is 6.54 Å². The molecule has 0 aromatic carbocycles. The van der Waals surface area contributed by atoms with E-state index in [0.717, 1.165) is 6.42 Å². The Kier molecular flexibility index (Phi) is 8.40. The Morgan fingerprint density at radius 1 is 1.19 bits per heavy atom. The van der Waals surface area contributed by atoms with Gasteiger partial charge in [0.2, 0.25) is 5.91 Å². The first-order valence-corrected chi connectivity index (χ1v) is 7.14. The molecule has 7 heteroatoms. The molecule has 1 amide bonds. The molecule has 0 fully saturated rings. The normalized spacial score (nSPS) is 11.5. The van der Waals surface area contributed by atoms with Crippen LogP contribution < -0.4 is 10.6 Å². The Hall–Kier alpha value is -0.473. The zero-order valence-corrected chi connectivity index (χ0v) is 11.5. The maximum Gasteiger partial charge on any atom is 0.500 e. The molecule has 0 radical (unpaired) electrons. The Balaban J connectivity index is 3.74. The molecule has 0 aliphatic heterocycles. The zero-order chi connectivity index (χ0) is 12.4. The lowest BCUT2D eigenvalue weighted by molar-refractivity contribution is -0.120. The van der Waals surface area contributed by atoms with Crippen LogP contribution in [-0.2, 0) is 18.1 Å². The lowest BCUT2D eigenvalue weighted by Crippen LogP contribution is -2.43. The molecular weight excluding hydrogens is 228 g/mol. The van der Waals surface area contributed by atoms with Crippen LogP contribution in [0.5, 0.6) is 0 Å². The molecule has 0 atom stereocenters. The first-order chi connectivity index (χ1) is 7.64. The molecule has 2 N–H and O–H groups in total. The molecule has 0 spiro atoms. The monoisotopic (exact) mass is 250 g/mol. The topological polar surface area (TPSA) is 68.8 Å². The lowest BCUT2D eigenvalue weighted by Gasteiger charge is -2.24. The van der Waals surface area contributed by atoms with Gasteiger partial charge >= 0.3 is 8.80 Å². The molecule has 96 valence electrons. The van der Waals surface area contributed by atoms with Crippen molar-refractivity contribution < 1.29 is 18.1 Å². The molecular formula is C9H22N2O4Si. The maximum atomic E-state index is 11.1. The van der Waals surface area contributed by atoms with Gasteiger partial charge in [0.25, 0.3) is 0 Å². The summed E-state index contributed by atoms with van der Waals surface area (Å²) in [5, 5.41) is 5.56. The van der Waals surface area contributed by atoms with Crippen LogP contribution in [0.4, 0.5) is 0 Å². The number of hydrogen-bond donors (Lipinski definition) is 2. The van der Waals surface area contributed by atoms with E-state index in [-0.39, 0.29) is 5.91 Å². The van der Waals surface area contributed by atoms with Crippen molar-refractivity contribution in [1.82, 2.24) is 10.6 Å². The van der Waals surface area contributed by atoms with E-state index in [1.165, 1.54) is 0 Å². The van der Waals surface area contributed by atoms with Gasteiger partial charge in [-0.3, -0.25) is 4.79 Å². The van der Waals surface area contributed by atoms with Gasteiger partial charge < -0.3 is 23.9 Å². The summed E-state index contributed by atoms with van der Waals surface area (Å²) in [6.07, 6.45) is 0.775. The number of hydrogen-bond acceptors (Lipinski definition) is 5. The van der Waals surface area contributed by atoms with Crippen molar-refractivity contribution >= 4 is 14.7 Å². The fourth-order valence-electron chi connectivity index (χ4n) is 1.31. The number of nitrogens with one attached hydrogen (secondary N) is 2. The SMILES string of the molecule is CNCC(=O)NCCC[Si](OC)(OC)OC. The third-order valence-electron chi connectivity index (χ3n) is 2.25. The molecule has 0 heterocycles. The number of likely N-dealkylation sites (N-methyl/N-ethyl adjacent to an activating group) is 1. The zero-order valence-electron chi connectivity index (χ0n) is 10.5. The minimum atomic E-state index is -2.47. The van der Waals surface area contributed by atoms with Crippen molar-refractivity contribution in [2.24, 2.45) is 0 Å². The highest BCUT2D eigenvalue weighted by atomic mass is 28.4. The van der Waals surface area contributed by atoms with Gasteiger partial charge in [0.1, 0.15) is 0 Å². The smallest absolute Gasteiger partial charge is 0.377 e. The third kappa shape index (κ3) is 5.57. The highest BCUT2D eigenvalue weighted by Crippen LogP contribution is 2.14. The first-order valence-electron chi connectivity index (χ1n) is 5.21. The van der Waals surface area contributed by atoms with Gasteiger partial charge in [0.15, 0.2) is 0 Å². The van der Waals surface area contributed by atoms with Crippen LogP contribution in [0.1, 0.15) is 6.42 Å². The molecule has 0 aliphatic rings. The first kappa shape index (κ1) is 15.5. The molecule has 0 aromatic rings. The molecule has 6 nitrogen and oxygen atoms in total. The molecule has 0 rings (SSSR count). The van der Waals surface area contributed by atoms with Crippen molar-refractivity contribution in [3.05, 3.63) is 0 Å². The van der Waals surface area contributed by atoms with Gasteiger partial charge in [-0.1, -0.05) is 0 Å². The van der Waals surface area contributed by atoms with Gasteiger partial charge in [-0.2, -0.15) is 0 Å². The number of carbonyl (C=O) groups excluding carboxylic acids is 1. The Bertz CT molecular complexity index is 192. The quantitative estimate of drug-likeness (QED) is 0.430. The van der Waals surface area contributed by atoms with E-state index in [2.05, 4.69) is 10.6 Å². The molecule has 0 bridgehead atoms. The summed E-state index contributed by atoms with van der Waals surface area (Å²) in [6.45, 7) is 0.937. The van der Waals surface area contributed by atoms with Crippen LogP contribution in [0.15, 0.2) is 0 Å². The van der Waals surface area contributed by atoms with Crippen LogP contribution in [0.2, 0.25) is 6.04 Å². The average molecular weight is 250 g/mol.